The van der Waals surface area contributed by atoms with E-state index in [1.54, 1.807) is 23.1 Å². The van der Waals surface area contributed by atoms with E-state index >= 15 is 0 Å². The van der Waals surface area contributed by atoms with E-state index in [2.05, 4.69) is 0 Å². The van der Waals surface area contributed by atoms with Crippen LogP contribution in [0.1, 0.15) is 17.5 Å². The van der Waals surface area contributed by atoms with Crippen LogP contribution in [-0.4, -0.2) is 29.9 Å². The predicted molar refractivity (Wildman–Crippen MR) is 97.4 cm³/mol. The fourth-order valence-corrected chi connectivity index (χ4v) is 2.40. The van der Waals surface area contributed by atoms with Crippen molar-refractivity contribution in [1.82, 2.24) is 4.90 Å². The summed E-state index contributed by atoms with van der Waals surface area (Å²) in [7, 11) is 0. The van der Waals surface area contributed by atoms with E-state index in [1.807, 2.05) is 37.3 Å². The molecule has 5 nitrogen and oxygen atoms in total. The predicted octanol–water partition coefficient (Wildman–Crippen LogP) is 2.93. The summed E-state index contributed by atoms with van der Waals surface area (Å²) in [5, 5.41) is 0.644. The summed E-state index contributed by atoms with van der Waals surface area (Å²) in [5.41, 5.74) is 7.06. The van der Waals surface area contributed by atoms with E-state index in [1.165, 1.54) is 0 Å². The van der Waals surface area contributed by atoms with Gasteiger partial charge in [0.2, 0.25) is 5.91 Å². The number of nitrogens with two attached hydrogens (primary N) is 1. The molecule has 0 spiro atoms. The zero-order valence-electron chi connectivity index (χ0n) is 14.1. The van der Waals surface area contributed by atoms with Crippen LogP contribution >= 0.6 is 11.6 Å². The fraction of sp³-hybridized carbons (Fsp3) is 0.263. The molecule has 0 aliphatic heterocycles. The van der Waals surface area contributed by atoms with E-state index in [-0.39, 0.29) is 25.5 Å². The van der Waals surface area contributed by atoms with Crippen LogP contribution < -0.4 is 10.5 Å². The van der Waals surface area contributed by atoms with Gasteiger partial charge in [-0.1, -0.05) is 41.9 Å². The Kier molecular flexibility index (Phi) is 6.83. The molecule has 0 saturated heterocycles. The molecule has 0 aromatic heterocycles. The van der Waals surface area contributed by atoms with Crippen molar-refractivity contribution in [1.29, 1.82) is 0 Å². The number of hydrogen-bond acceptors (Lipinski definition) is 3. The molecule has 0 atom stereocenters. The van der Waals surface area contributed by atoms with Gasteiger partial charge in [0.25, 0.3) is 5.91 Å². The minimum absolute atomic E-state index is 0.110. The SMILES string of the molecule is Cc1cc(OCC(=O)N(CCC(N)=O)Cc2ccccc2)ccc1Cl. The first-order chi connectivity index (χ1) is 12.0. The summed E-state index contributed by atoms with van der Waals surface area (Å²) in [6.07, 6.45) is 0.110. The Balaban J connectivity index is 2.00. The maximum absolute atomic E-state index is 12.5. The Morgan fingerprint density at radius 2 is 1.88 bits per heavy atom. The molecule has 6 heteroatoms. The Morgan fingerprint density at radius 3 is 2.52 bits per heavy atom. The number of primary amides is 1. The van der Waals surface area contributed by atoms with Crippen LogP contribution in [-0.2, 0) is 16.1 Å². The lowest BCUT2D eigenvalue weighted by molar-refractivity contribution is -0.134. The minimum Gasteiger partial charge on any atom is -0.484 e. The molecular formula is C19H21ClN2O3. The molecule has 25 heavy (non-hydrogen) atoms. The highest BCUT2D eigenvalue weighted by Crippen LogP contribution is 2.21. The molecule has 2 aromatic rings. The Bertz CT molecular complexity index is 735. The van der Waals surface area contributed by atoms with Crippen molar-refractivity contribution in [3.05, 3.63) is 64.7 Å². The van der Waals surface area contributed by atoms with E-state index in [0.29, 0.717) is 17.3 Å². The average Bonchev–Trinajstić information content (AvgIpc) is 2.60. The van der Waals surface area contributed by atoms with E-state index in [9.17, 15) is 9.59 Å². The lowest BCUT2D eigenvalue weighted by Gasteiger charge is -2.22. The minimum atomic E-state index is -0.444. The number of benzene rings is 2. The third kappa shape index (κ3) is 6.12. The third-order valence-electron chi connectivity index (χ3n) is 3.69. The summed E-state index contributed by atoms with van der Waals surface area (Å²) < 4.78 is 5.56. The lowest BCUT2D eigenvalue weighted by Crippen LogP contribution is -2.36. The molecule has 2 rings (SSSR count). The fourth-order valence-electron chi connectivity index (χ4n) is 2.28. The van der Waals surface area contributed by atoms with E-state index in [0.717, 1.165) is 11.1 Å². The number of carbonyl (C=O) groups excluding carboxylic acids is 2. The standard InChI is InChI=1S/C19H21ClN2O3/c1-14-11-16(7-8-17(14)20)25-13-19(24)22(10-9-18(21)23)12-15-5-3-2-4-6-15/h2-8,11H,9-10,12-13H2,1H3,(H2,21,23). The van der Waals surface area contributed by atoms with Crippen molar-refractivity contribution in [2.75, 3.05) is 13.2 Å². The van der Waals surface area contributed by atoms with E-state index < -0.39 is 5.91 Å². The van der Waals surface area contributed by atoms with Crippen LogP contribution in [0.2, 0.25) is 5.02 Å². The first-order valence-corrected chi connectivity index (χ1v) is 8.32. The third-order valence-corrected chi connectivity index (χ3v) is 4.11. The largest absolute Gasteiger partial charge is 0.484 e. The normalized spacial score (nSPS) is 10.3. The van der Waals surface area contributed by atoms with Gasteiger partial charge in [-0.15, -0.1) is 0 Å². The maximum atomic E-state index is 12.5. The van der Waals surface area contributed by atoms with Crippen molar-refractivity contribution >= 4 is 23.4 Å². The highest BCUT2D eigenvalue weighted by atomic mass is 35.5. The first-order valence-electron chi connectivity index (χ1n) is 7.94. The van der Waals surface area contributed by atoms with Gasteiger partial charge < -0.3 is 15.4 Å². The van der Waals surface area contributed by atoms with Gasteiger partial charge in [0.15, 0.2) is 6.61 Å². The van der Waals surface area contributed by atoms with Crippen molar-refractivity contribution in [2.24, 2.45) is 5.73 Å². The zero-order chi connectivity index (χ0) is 18.2. The summed E-state index contributed by atoms with van der Waals surface area (Å²) >= 11 is 5.98. The molecule has 0 fully saturated rings. The van der Waals surface area contributed by atoms with Crippen LogP contribution in [0.5, 0.6) is 5.75 Å². The van der Waals surface area contributed by atoms with Crippen LogP contribution in [0, 0.1) is 6.92 Å². The molecule has 2 amide bonds. The van der Waals surface area contributed by atoms with Crippen molar-refractivity contribution in [3.8, 4) is 5.75 Å². The monoisotopic (exact) mass is 360 g/mol. The molecule has 132 valence electrons. The van der Waals surface area contributed by atoms with Gasteiger partial charge in [-0.3, -0.25) is 9.59 Å². The molecular weight excluding hydrogens is 340 g/mol. The number of aryl methyl sites for hydroxylation is 1. The number of halogens is 1. The average molecular weight is 361 g/mol. The second kappa shape index (κ2) is 9.08. The molecule has 2 N–H and O–H groups in total. The molecule has 0 heterocycles. The van der Waals surface area contributed by atoms with Crippen LogP contribution in [0.25, 0.3) is 0 Å². The molecule has 0 aliphatic rings. The van der Waals surface area contributed by atoms with Crippen LogP contribution in [0.3, 0.4) is 0 Å². The molecule has 0 radical (unpaired) electrons. The quantitative estimate of drug-likeness (QED) is 0.786. The highest BCUT2D eigenvalue weighted by molar-refractivity contribution is 6.31. The second-order valence-electron chi connectivity index (χ2n) is 5.72. The maximum Gasteiger partial charge on any atom is 0.260 e. The molecule has 2 aromatic carbocycles. The number of nitrogens with zero attached hydrogens (tertiary/aromatic N) is 1. The topological polar surface area (TPSA) is 72.6 Å². The number of hydrogen-bond donors (Lipinski definition) is 1. The molecule has 0 aliphatic carbocycles. The van der Waals surface area contributed by atoms with Crippen molar-refractivity contribution in [2.45, 2.75) is 19.9 Å². The second-order valence-corrected chi connectivity index (χ2v) is 6.12. The smallest absolute Gasteiger partial charge is 0.260 e. The van der Waals surface area contributed by atoms with Gasteiger partial charge in [-0.2, -0.15) is 0 Å². The summed E-state index contributed by atoms with van der Waals surface area (Å²) in [4.78, 5) is 25.1. The number of carbonyl (C=O) groups is 2. The Morgan fingerprint density at radius 1 is 1.16 bits per heavy atom. The van der Waals surface area contributed by atoms with E-state index in [4.69, 9.17) is 22.1 Å². The molecule has 0 unspecified atom stereocenters. The summed E-state index contributed by atoms with van der Waals surface area (Å²) in [5.74, 6) is -0.0809. The van der Waals surface area contributed by atoms with Crippen molar-refractivity contribution in [3.63, 3.8) is 0 Å². The van der Waals surface area contributed by atoms with Crippen LogP contribution in [0.15, 0.2) is 48.5 Å². The summed E-state index contributed by atoms with van der Waals surface area (Å²) in [6, 6.07) is 14.8. The first kappa shape index (κ1) is 18.8. The number of rotatable bonds is 8. The van der Waals surface area contributed by atoms with Gasteiger partial charge in [0.1, 0.15) is 5.75 Å². The van der Waals surface area contributed by atoms with Gasteiger partial charge in [-0.05, 0) is 36.2 Å². The summed E-state index contributed by atoms with van der Waals surface area (Å²) in [6.45, 7) is 2.40. The Labute approximate surface area is 152 Å². The van der Waals surface area contributed by atoms with Gasteiger partial charge in [0.05, 0.1) is 0 Å². The molecule has 0 saturated carbocycles. The lowest BCUT2D eigenvalue weighted by atomic mass is 10.2. The van der Waals surface area contributed by atoms with Gasteiger partial charge in [0, 0.05) is 24.5 Å². The van der Waals surface area contributed by atoms with Gasteiger partial charge in [-0.25, -0.2) is 0 Å². The number of amides is 2. The van der Waals surface area contributed by atoms with Crippen molar-refractivity contribution < 1.29 is 14.3 Å². The molecule has 0 bridgehead atoms. The highest BCUT2D eigenvalue weighted by Gasteiger charge is 2.16. The Hall–Kier alpha value is -2.53. The van der Waals surface area contributed by atoms with Crippen LogP contribution in [0.4, 0.5) is 0 Å². The zero-order valence-corrected chi connectivity index (χ0v) is 14.8. The number of ether oxygens (including phenoxy) is 1. The van der Waals surface area contributed by atoms with Gasteiger partial charge >= 0.3 is 0 Å².